The van der Waals surface area contributed by atoms with Crippen molar-refractivity contribution < 1.29 is 9.53 Å². The zero-order valence-electron chi connectivity index (χ0n) is 14.4. The number of carbonyl (C=O) groups is 1. The Kier molecular flexibility index (Phi) is 6.42. The molecule has 3 rings (SSSR count). The van der Waals surface area contributed by atoms with E-state index >= 15 is 0 Å². The first-order valence-electron chi connectivity index (χ1n) is 8.78. The van der Waals surface area contributed by atoms with Gasteiger partial charge in [0.1, 0.15) is 0 Å². The molecule has 0 radical (unpaired) electrons. The average Bonchev–Trinajstić information content (AvgIpc) is 2.65. The van der Waals surface area contributed by atoms with E-state index in [-0.39, 0.29) is 6.03 Å². The lowest BCUT2D eigenvalue weighted by Crippen LogP contribution is -2.42. The molecule has 5 heteroatoms. The number of amides is 2. The van der Waals surface area contributed by atoms with Crippen molar-refractivity contribution in [1.29, 1.82) is 0 Å². The van der Waals surface area contributed by atoms with Crippen molar-refractivity contribution in [2.45, 2.75) is 6.42 Å². The molecule has 0 aliphatic carbocycles. The van der Waals surface area contributed by atoms with Crippen molar-refractivity contribution >= 4 is 11.7 Å². The first-order valence-corrected chi connectivity index (χ1v) is 8.78. The van der Waals surface area contributed by atoms with Gasteiger partial charge in [-0.1, -0.05) is 48.5 Å². The number of hydrogen-bond donors (Lipinski definition) is 2. The lowest BCUT2D eigenvalue weighted by atomic mass is 10.0. The fraction of sp³-hybridized carbons (Fsp3) is 0.350. The Morgan fingerprint density at radius 2 is 1.72 bits per heavy atom. The van der Waals surface area contributed by atoms with Gasteiger partial charge in [0, 0.05) is 31.9 Å². The van der Waals surface area contributed by atoms with E-state index in [1.54, 1.807) is 0 Å². The highest BCUT2D eigenvalue weighted by atomic mass is 16.5. The number of carbonyl (C=O) groups excluding carboxylic acids is 1. The van der Waals surface area contributed by atoms with Crippen LogP contribution in [0.4, 0.5) is 10.5 Å². The third-order valence-electron chi connectivity index (χ3n) is 4.32. The number of benzene rings is 2. The van der Waals surface area contributed by atoms with Crippen LogP contribution in [0.3, 0.4) is 0 Å². The summed E-state index contributed by atoms with van der Waals surface area (Å²) < 4.78 is 5.33. The van der Waals surface area contributed by atoms with E-state index in [1.807, 2.05) is 36.4 Å². The lowest BCUT2D eigenvalue weighted by Gasteiger charge is -2.26. The van der Waals surface area contributed by atoms with Gasteiger partial charge in [-0.3, -0.25) is 4.90 Å². The summed E-state index contributed by atoms with van der Waals surface area (Å²) in [5.41, 5.74) is 3.19. The van der Waals surface area contributed by atoms with Crippen LogP contribution in [0.1, 0.15) is 11.1 Å². The van der Waals surface area contributed by atoms with Gasteiger partial charge >= 0.3 is 6.03 Å². The molecule has 1 saturated heterocycles. The molecule has 2 amide bonds. The first kappa shape index (κ1) is 17.5. The third kappa shape index (κ3) is 5.59. The molecule has 1 aliphatic rings. The van der Waals surface area contributed by atoms with E-state index in [2.05, 4.69) is 33.7 Å². The lowest BCUT2D eigenvalue weighted by molar-refractivity contribution is 0.0388. The number of ether oxygens (including phenoxy) is 1. The number of morpholine rings is 1. The Morgan fingerprint density at radius 1 is 1.00 bits per heavy atom. The topological polar surface area (TPSA) is 53.6 Å². The Hall–Kier alpha value is -2.37. The maximum Gasteiger partial charge on any atom is 0.319 e. The highest BCUT2D eigenvalue weighted by Crippen LogP contribution is 2.18. The summed E-state index contributed by atoms with van der Waals surface area (Å²) in [5, 5.41) is 5.91. The van der Waals surface area contributed by atoms with Gasteiger partial charge in [0.05, 0.1) is 13.2 Å². The zero-order valence-corrected chi connectivity index (χ0v) is 14.4. The van der Waals surface area contributed by atoms with Crippen LogP contribution in [0.5, 0.6) is 0 Å². The van der Waals surface area contributed by atoms with E-state index in [4.69, 9.17) is 4.74 Å². The van der Waals surface area contributed by atoms with Gasteiger partial charge in [-0.05, 0) is 23.6 Å². The van der Waals surface area contributed by atoms with Crippen molar-refractivity contribution in [3.8, 4) is 0 Å². The molecule has 0 saturated carbocycles. The number of rotatable bonds is 6. The van der Waals surface area contributed by atoms with Gasteiger partial charge < -0.3 is 15.4 Å². The molecule has 2 aromatic rings. The zero-order chi connectivity index (χ0) is 17.3. The van der Waals surface area contributed by atoms with Crippen LogP contribution in [0.2, 0.25) is 0 Å². The molecule has 5 nitrogen and oxygen atoms in total. The Labute approximate surface area is 149 Å². The predicted octanol–water partition coefficient (Wildman–Crippen LogP) is 2.73. The number of urea groups is 1. The largest absolute Gasteiger partial charge is 0.379 e. The summed E-state index contributed by atoms with van der Waals surface area (Å²) in [5.74, 6) is 0. The molecule has 132 valence electrons. The second-order valence-corrected chi connectivity index (χ2v) is 6.15. The van der Waals surface area contributed by atoms with Gasteiger partial charge in [-0.2, -0.15) is 0 Å². The second kappa shape index (κ2) is 9.20. The predicted molar refractivity (Wildman–Crippen MR) is 100.0 cm³/mol. The second-order valence-electron chi connectivity index (χ2n) is 6.15. The fourth-order valence-electron chi connectivity index (χ4n) is 2.93. The molecule has 25 heavy (non-hydrogen) atoms. The van der Waals surface area contributed by atoms with Crippen LogP contribution >= 0.6 is 0 Å². The summed E-state index contributed by atoms with van der Waals surface area (Å²) in [6, 6.07) is 18.0. The summed E-state index contributed by atoms with van der Waals surface area (Å²) in [4.78, 5) is 14.5. The molecule has 1 heterocycles. The van der Waals surface area contributed by atoms with Crippen molar-refractivity contribution in [2.75, 3.05) is 44.7 Å². The molecule has 0 bridgehead atoms. The summed E-state index contributed by atoms with van der Waals surface area (Å²) in [6.45, 7) is 4.90. The molecule has 0 unspecified atom stereocenters. The average molecular weight is 339 g/mol. The maximum atomic E-state index is 12.2. The molecule has 2 aromatic carbocycles. The van der Waals surface area contributed by atoms with Crippen molar-refractivity contribution in [3.63, 3.8) is 0 Å². The molecule has 2 N–H and O–H groups in total. The highest BCUT2D eigenvalue weighted by Gasteiger charge is 2.11. The number of hydrogen-bond acceptors (Lipinski definition) is 3. The molecule has 0 atom stereocenters. The minimum Gasteiger partial charge on any atom is -0.379 e. The smallest absolute Gasteiger partial charge is 0.319 e. The van der Waals surface area contributed by atoms with Crippen LogP contribution in [-0.2, 0) is 11.2 Å². The Bertz CT molecular complexity index is 670. The van der Waals surface area contributed by atoms with Gasteiger partial charge in [0.25, 0.3) is 0 Å². The SMILES string of the molecule is O=C(NCCN1CCOCC1)Nc1ccccc1Cc1ccccc1. The monoisotopic (exact) mass is 339 g/mol. The molecular formula is C20H25N3O2. The highest BCUT2D eigenvalue weighted by molar-refractivity contribution is 5.90. The maximum absolute atomic E-state index is 12.2. The van der Waals surface area contributed by atoms with Gasteiger partial charge in [0.2, 0.25) is 0 Å². The number of para-hydroxylation sites is 1. The number of nitrogens with one attached hydrogen (secondary N) is 2. The van der Waals surface area contributed by atoms with Crippen LogP contribution in [0.15, 0.2) is 54.6 Å². The van der Waals surface area contributed by atoms with Crippen molar-refractivity contribution in [3.05, 3.63) is 65.7 Å². The molecular weight excluding hydrogens is 314 g/mol. The number of anilines is 1. The number of nitrogens with zero attached hydrogens (tertiary/aromatic N) is 1. The minimum absolute atomic E-state index is 0.159. The minimum atomic E-state index is -0.159. The van der Waals surface area contributed by atoms with Crippen LogP contribution < -0.4 is 10.6 Å². The van der Waals surface area contributed by atoms with Crippen molar-refractivity contribution in [1.82, 2.24) is 10.2 Å². The normalized spacial score (nSPS) is 14.9. The van der Waals surface area contributed by atoms with Gasteiger partial charge in [-0.25, -0.2) is 4.79 Å². The molecule has 0 aromatic heterocycles. The summed E-state index contributed by atoms with van der Waals surface area (Å²) >= 11 is 0. The quantitative estimate of drug-likeness (QED) is 0.851. The van der Waals surface area contributed by atoms with Crippen LogP contribution in [0, 0.1) is 0 Å². The van der Waals surface area contributed by atoms with E-state index < -0.39 is 0 Å². The molecule has 0 spiro atoms. The van der Waals surface area contributed by atoms with E-state index in [9.17, 15) is 4.79 Å². The van der Waals surface area contributed by atoms with Gasteiger partial charge in [-0.15, -0.1) is 0 Å². The first-order chi connectivity index (χ1) is 12.3. The third-order valence-corrected chi connectivity index (χ3v) is 4.32. The van der Waals surface area contributed by atoms with Crippen LogP contribution in [0.25, 0.3) is 0 Å². The van der Waals surface area contributed by atoms with Crippen LogP contribution in [-0.4, -0.2) is 50.3 Å². The summed E-state index contributed by atoms with van der Waals surface area (Å²) in [6.07, 6.45) is 0.797. The van der Waals surface area contributed by atoms with Gasteiger partial charge in [0.15, 0.2) is 0 Å². The Morgan fingerprint density at radius 3 is 2.52 bits per heavy atom. The molecule has 1 fully saturated rings. The fourth-order valence-corrected chi connectivity index (χ4v) is 2.93. The standard InChI is InChI=1S/C20H25N3O2/c24-20(21-10-11-23-12-14-25-15-13-23)22-19-9-5-4-8-18(19)16-17-6-2-1-3-7-17/h1-9H,10-16H2,(H2,21,22,24). The van der Waals surface area contributed by atoms with E-state index in [0.717, 1.165) is 50.5 Å². The Balaban J connectivity index is 1.50. The van der Waals surface area contributed by atoms with E-state index in [0.29, 0.717) is 6.54 Å². The van der Waals surface area contributed by atoms with E-state index in [1.165, 1.54) is 5.56 Å². The molecule has 1 aliphatic heterocycles. The summed E-state index contributed by atoms with van der Waals surface area (Å²) in [7, 11) is 0. The van der Waals surface area contributed by atoms with Crippen molar-refractivity contribution in [2.24, 2.45) is 0 Å².